The van der Waals surface area contributed by atoms with Crippen molar-refractivity contribution >= 4 is 33.5 Å². The molecule has 19 heavy (non-hydrogen) atoms. The van der Waals surface area contributed by atoms with Gasteiger partial charge in [-0.15, -0.1) is 11.8 Å². The number of hydrogen-bond donors (Lipinski definition) is 2. The highest BCUT2D eigenvalue weighted by molar-refractivity contribution is 9.10. The molecule has 0 heterocycles. The SMILES string of the molecule is N=C(N)c1cccc(CSc2ccccc2Br)c1F. The summed E-state index contributed by atoms with van der Waals surface area (Å²) in [7, 11) is 0. The molecule has 98 valence electrons. The molecule has 0 fully saturated rings. The number of nitrogens with one attached hydrogen (secondary N) is 1. The molecule has 0 radical (unpaired) electrons. The number of nitrogens with two attached hydrogens (primary N) is 1. The minimum Gasteiger partial charge on any atom is -0.384 e. The minimum atomic E-state index is -0.408. The van der Waals surface area contributed by atoms with E-state index in [0.29, 0.717) is 11.3 Å². The predicted molar refractivity (Wildman–Crippen MR) is 81.1 cm³/mol. The average Bonchev–Trinajstić information content (AvgIpc) is 2.39. The number of benzene rings is 2. The molecule has 0 saturated heterocycles. The highest BCUT2D eigenvalue weighted by Crippen LogP contribution is 2.30. The summed E-state index contributed by atoms with van der Waals surface area (Å²) in [6.07, 6.45) is 0. The number of halogens is 2. The summed E-state index contributed by atoms with van der Waals surface area (Å²) in [6, 6.07) is 12.7. The van der Waals surface area contributed by atoms with Gasteiger partial charge < -0.3 is 5.73 Å². The monoisotopic (exact) mass is 338 g/mol. The molecule has 2 rings (SSSR count). The first-order valence-electron chi connectivity index (χ1n) is 5.58. The van der Waals surface area contributed by atoms with E-state index in [4.69, 9.17) is 11.1 Å². The summed E-state index contributed by atoms with van der Waals surface area (Å²) in [6.45, 7) is 0. The Labute approximate surface area is 123 Å². The summed E-state index contributed by atoms with van der Waals surface area (Å²) < 4.78 is 15.1. The Bertz CT molecular complexity index is 616. The minimum absolute atomic E-state index is 0.158. The first-order chi connectivity index (χ1) is 9.09. The van der Waals surface area contributed by atoms with Crippen molar-refractivity contribution in [2.75, 3.05) is 0 Å². The van der Waals surface area contributed by atoms with Crippen LogP contribution in [0.3, 0.4) is 0 Å². The van der Waals surface area contributed by atoms with E-state index in [0.717, 1.165) is 9.37 Å². The highest BCUT2D eigenvalue weighted by atomic mass is 79.9. The van der Waals surface area contributed by atoms with Gasteiger partial charge in [0, 0.05) is 15.1 Å². The van der Waals surface area contributed by atoms with Crippen LogP contribution in [-0.2, 0) is 5.75 Å². The van der Waals surface area contributed by atoms with Gasteiger partial charge in [-0.05, 0) is 39.7 Å². The normalized spacial score (nSPS) is 10.4. The van der Waals surface area contributed by atoms with Gasteiger partial charge in [0.15, 0.2) is 0 Å². The molecule has 0 spiro atoms. The van der Waals surface area contributed by atoms with Gasteiger partial charge in [0.2, 0.25) is 0 Å². The molecule has 0 atom stereocenters. The van der Waals surface area contributed by atoms with Crippen molar-refractivity contribution in [1.29, 1.82) is 5.41 Å². The van der Waals surface area contributed by atoms with Crippen molar-refractivity contribution in [3.8, 4) is 0 Å². The maximum atomic E-state index is 14.1. The summed E-state index contributed by atoms with van der Waals surface area (Å²) in [5.41, 5.74) is 6.05. The molecule has 0 bridgehead atoms. The average molecular weight is 339 g/mol. The van der Waals surface area contributed by atoms with Crippen molar-refractivity contribution in [2.45, 2.75) is 10.6 Å². The predicted octanol–water partition coefficient (Wildman–Crippen LogP) is 4.16. The van der Waals surface area contributed by atoms with E-state index in [1.807, 2.05) is 24.3 Å². The Morgan fingerprint density at radius 3 is 2.63 bits per heavy atom. The lowest BCUT2D eigenvalue weighted by Crippen LogP contribution is -2.14. The topological polar surface area (TPSA) is 49.9 Å². The van der Waals surface area contributed by atoms with E-state index >= 15 is 0 Å². The van der Waals surface area contributed by atoms with Gasteiger partial charge >= 0.3 is 0 Å². The molecule has 0 aliphatic rings. The second-order valence-electron chi connectivity index (χ2n) is 3.91. The molecular formula is C14H12BrFN2S. The maximum Gasteiger partial charge on any atom is 0.138 e. The summed E-state index contributed by atoms with van der Waals surface area (Å²) >= 11 is 4.99. The molecule has 2 aromatic carbocycles. The van der Waals surface area contributed by atoms with Crippen molar-refractivity contribution in [1.82, 2.24) is 0 Å². The lowest BCUT2D eigenvalue weighted by molar-refractivity contribution is 0.614. The molecule has 2 nitrogen and oxygen atoms in total. The Kier molecular flexibility index (Phi) is 4.61. The Morgan fingerprint density at radius 1 is 1.21 bits per heavy atom. The van der Waals surface area contributed by atoms with Gasteiger partial charge in [0.05, 0.1) is 5.56 Å². The molecule has 3 N–H and O–H groups in total. The molecule has 0 aliphatic heterocycles. The standard InChI is InChI=1S/C14H12BrFN2S/c15-11-6-1-2-7-12(11)19-8-9-4-3-5-10(13(9)16)14(17)18/h1-7H,8H2,(H3,17,18). The largest absolute Gasteiger partial charge is 0.384 e. The van der Waals surface area contributed by atoms with Crippen LogP contribution in [0.1, 0.15) is 11.1 Å². The van der Waals surface area contributed by atoms with Gasteiger partial charge in [-0.1, -0.05) is 24.3 Å². The Morgan fingerprint density at radius 2 is 1.95 bits per heavy atom. The van der Waals surface area contributed by atoms with Gasteiger partial charge in [-0.25, -0.2) is 4.39 Å². The molecule has 0 unspecified atom stereocenters. The van der Waals surface area contributed by atoms with E-state index in [-0.39, 0.29) is 11.4 Å². The van der Waals surface area contributed by atoms with E-state index in [9.17, 15) is 4.39 Å². The van der Waals surface area contributed by atoms with E-state index < -0.39 is 5.82 Å². The maximum absolute atomic E-state index is 14.1. The van der Waals surface area contributed by atoms with Gasteiger partial charge in [0.25, 0.3) is 0 Å². The van der Waals surface area contributed by atoms with Crippen LogP contribution in [0.2, 0.25) is 0 Å². The van der Waals surface area contributed by atoms with Gasteiger partial charge in [0.1, 0.15) is 11.7 Å². The Hall–Kier alpha value is -1.33. The number of thioether (sulfide) groups is 1. The lowest BCUT2D eigenvalue weighted by atomic mass is 10.1. The van der Waals surface area contributed by atoms with Crippen molar-refractivity contribution < 1.29 is 4.39 Å². The molecule has 0 aliphatic carbocycles. The molecular weight excluding hydrogens is 327 g/mol. The van der Waals surface area contributed by atoms with Crippen LogP contribution in [0.15, 0.2) is 51.8 Å². The van der Waals surface area contributed by atoms with Gasteiger partial charge in [-0.3, -0.25) is 5.41 Å². The Balaban J connectivity index is 2.19. The van der Waals surface area contributed by atoms with Crippen LogP contribution < -0.4 is 5.73 Å². The lowest BCUT2D eigenvalue weighted by Gasteiger charge is -2.08. The summed E-state index contributed by atoms with van der Waals surface area (Å²) in [5.74, 6) is -0.157. The van der Waals surface area contributed by atoms with Crippen LogP contribution in [0.25, 0.3) is 0 Å². The van der Waals surface area contributed by atoms with Crippen molar-refractivity contribution in [3.05, 3.63) is 63.9 Å². The van der Waals surface area contributed by atoms with Crippen molar-refractivity contribution in [3.63, 3.8) is 0 Å². The number of amidine groups is 1. The molecule has 0 aromatic heterocycles. The van der Waals surface area contributed by atoms with Crippen LogP contribution in [0, 0.1) is 11.2 Å². The summed E-state index contributed by atoms with van der Waals surface area (Å²) in [5, 5.41) is 7.33. The third kappa shape index (κ3) is 3.36. The first kappa shape index (κ1) is 14.1. The molecule has 0 amide bonds. The zero-order valence-electron chi connectivity index (χ0n) is 9.99. The zero-order valence-corrected chi connectivity index (χ0v) is 12.4. The fourth-order valence-electron chi connectivity index (χ4n) is 1.62. The number of nitrogen functional groups attached to an aromatic ring is 1. The molecule has 2 aromatic rings. The zero-order chi connectivity index (χ0) is 13.8. The first-order valence-corrected chi connectivity index (χ1v) is 7.36. The van der Waals surface area contributed by atoms with Crippen molar-refractivity contribution in [2.24, 2.45) is 5.73 Å². The fourth-order valence-corrected chi connectivity index (χ4v) is 3.16. The van der Waals surface area contributed by atoms with Crippen LogP contribution >= 0.6 is 27.7 Å². The third-order valence-corrected chi connectivity index (χ3v) is 4.66. The quantitative estimate of drug-likeness (QED) is 0.499. The second kappa shape index (κ2) is 6.21. The summed E-state index contributed by atoms with van der Waals surface area (Å²) in [4.78, 5) is 1.05. The smallest absolute Gasteiger partial charge is 0.138 e. The van der Waals surface area contributed by atoms with E-state index in [2.05, 4.69) is 15.9 Å². The van der Waals surface area contributed by atoms with Gasteiger partial charge in [-0.2, -0.15) is 0 Å². The van der Waals surface area contributed by atoms with Crippen LogP contribution in [-0.4, -0.2) is 5.84 Å². The van der Waals surface area contributed by atoms with E-state index in [1.165, 1.54) is 17.8 Å². The van der Waals surface area contributed by atoms with E-state index in [1.54, 1.807) is 12.1 Å². The van der Waals surface area contributed by atoms with Crippen LogP contribution in [0.5, 0.6) is 0 Å². The number of rotatable bonds is 4. The fraction of sp³-hybridized carbons (Fsp3) is 0.0714. The molecule has 0 saturated carbocycles. The highest BCUT2D eigenvalue weighted by Gasteiger charge is 2.10. The third-order valence-electron chi connectivity index (χ3n) is 2.59. The van der Waals surface area contributed by atoms with Crippen LogP contribution in [0.4, 0.5) is 4.39 Å². The number of hydrogen-bond acceptors (Lipinski definition) is 2. The molecule has 5 heteroatoms. The second-order valence-corrected chi connectivity index (χ2v) is 5.78.